The second kappa shape index (κ2) is 3.78. The van der Waals surface area contributed by atoms with Crippen molar-refractivity contribution in [2.45, 2.75) is 38.8 Å². The van der Waals surface area contributed by atoms with Crippen LogP contribution in [0.25, 0.3) is 0 Å². The van der Waals surface area contributed by atoms with Crippen LogP contribution < -0.4 is 4.90 Å². The molecule has 1 aromatic carbocycles. The van der Waals surface area contributed by atoms with Crippen molar-refractivity contribution in [2.24, 2.45) is 5.92 Å². The molecular weight excluding hydrogens is 220 g/mol. The SMILES string of the molecule is CCC1C2N(C)C=CN2c2ccccc2C1(C)C. The van der Waals surface area contributed by atoms with E-state index in [1.54, 1.807) is 0 Å². The second-order valence-electron chi connectivity index (χ2n) is 6.04. The highest BCUT2D eigenvalue weighted by Crippen LogP contribution is 2.49. The minimum absolute atomic E-state index is 0.229. The van der Waals surface area contributed by atoms with Gasteiger partial charge in [-0.3, -0.25) is 0 Å². The quantitative estimate of drug-likeness (QED) is 0.743. The van der Waals surface area contributed by atoms with Gasteiger partial charge in [-0.2, -0.15) is 0 Å². The maximum absolute atomic E-state index is 2.44. The van der Waals surface area contributed by atoms with Gasteiger partial charge in [-0.1, -0.05) is 39.0 Å². The van der Waals surface area contributed by atoms with Crippen LogP contribution in [0.4, 0.5) is 5.69 Å². The summed E-state index contributed by atoms with van der Waals surface area (Å²) < 4.78 is 0. The van der Waals surface area contributed by atoms with Crippen molar-refractivity contribution in [1.29, 1.82) is 0 Å². The average molecular weight is 242 g/mol. The maximum atomic E-state index is 2.44. The minimum Gasteiger partial charge on any atom is -0.358 e. The van der Waals surface area contributed by atoms with Crippen molar-refractivity contribution in [3.05, 3.63) is 42.2 Å². The Morgan fingerprint density at radius 3 is 2.61 bits per heavy atom. The molecule has 1 aromatic rings. The van der Waals surface area contributed by atoms with Gasteiger partial charge >= 0.3 is 0 Å². The molecule has 3 rings (SSSR count). The number of hydrogen-bond acceptors (Lipinski definition) is 2. The van der Waals surface area contributed by atoms with Gasteiger partial charge in [-0.05, 0) is 23.5 Å². The summed E-state index contributed by atoms with van der Waals surface area (Å²) in [6, 6.07) is 8.85. The van der Waals surface area contributed by atoms with E-state index in [1.165, 1.54) is 17.7 Å². The summed E-state index contributed by atoms with van der Waals surface area (Å²) in [5.74, 6) is 0.646. The van der Waals surface area contributed by atoms with Crippen LogP contribution in [0.3, 0.4) is 0 Å². The molecule has 0 radical (unpaired) electrons. The van der Waals surface area contributed by atoms with E-state index >= 15 is 0 Å². The molecule has 0 amide bonds. The maximum Gasteiger partial charge on any atom is 0.109 e. The summed E-state index contributed by atoms with van der Waals surface area (Å²) in [7, 11) is 2.19. The van der Waals surface area contributed by atoms with Gasteiger partial charge in [-0.15, -0.1) is 0 Å². The molecule has 2 aliphatic rings. The van der Waals surface area contributed by atoms with E-state index in [-0.39, 0.29) is 5.41 Å². The molecule has 0 aromatic heterocycles. The first kappa shape index (κ1) is 11.6. The Morgan fingerprint density at radius 2 is 1.89 bits per heavy atom. The van der Waals surface area contributed by atoms with Crippen LogP contribution in [0.15, 0.2) is 36.7 Å². The van der Waals surface area contributed by atoms with E-state index < -0.39 is 0 Å². The topological polar surface area (TPSA) is 6.48 Å². The van der Waals surface area contributed by atoms with Gasteiger partial charge in [-0.25, -0.2) is 0 Å². The molecule has 2 atom stereocenters. The average Bonchev–Trinajstić information content (AvgIpc) is 2.72. The third-order valence-corrected chi connectivity index (χ3v) is 4.77. The van der Waals surface area contributed by atoms with Crippen LogP contribution >= 0.6 is 0 Å². The summed E-state index contributed by atoms with van der Waals surface area (Å²) in [6.45, 7) is 7.09. The number of nitrogens with zero attached hydrogens (tertiary/aromatic N) is 2. The lowest BCUT2D eigenvalue weighted by molar-refractivity contribution is 0.160. The molecule has 0 saturated heterocycles. The number of hydrogen-bond donors (Lipinski definition) is 0. The van der Waals surface area contributed by atoms with Crippen molar-refractivity contribution < 1.29 is 0 Å². The lowest BCUT2D eigenvalue weighted by atomic mass is 9.67. The zero-order valence-corrected chi connectivity index (χ0v) is 11.7. The van der Waals surface area contributed by atoms with E-state index in [9.17, 15) is 0 Å². The summed E-state index contributed by atoms with van der Waals surface area (Å²) in [4.78, 5) is 4.79. The fourth-order valence-electron chi connectivity index (χ4n) is 3.79. The van der Waals surface area contributed by atoms with Crippen molar-refractivity contribution in [1.82, 2.24) is 4.90 Å². The number of anilines is 1. The molecule has 0 aliphatic carbocycles. The van der Waals surface area contributed by atoms with E-state index in [0.717, 1.165) is 0 Å². The minimum atomic E-state index is 0.229. The first-order valence-electron chi connectivity index (χ1n) is 6.85. The van der Waals surface area contributed by atoms with E-state index in [1.807, 2.05) is 0 Å². The zero-order valence-electron chi connectivity index (χ0n) is 11.7. The van der Waals surface area contributed by atoms with Gasteiger partial charge in [0.05, 0.1) is 0 Å². The Labute approximate surface area is 110 Å². The Balaban J connectivity index is 2.19. The zero-order chi connectivity index (χ0) is 12.9. The van der Waals surface area contributed by atoms with Gasteiger partial charge in [0.15, 0.2) is 0 Å². The Kier molecular flexibility index (Phi) is 2.44. The smallest absolute Gasteiger partial charge is 0.109 e. The highest BCUT2D eigenvalue weighted by molar-refractivity contribution is 5.63. The molecule has 0 N–H and O–H groups in total. The molecule has 2 heterocycles. The standard InChI is InChI=1S/C16H22N2/c1-5-12-15-17(4)10-11-18(15)14-9-7-6-8-13(14)16(12,2)3/h6-12,15H,5H2,1-4H3. The normalized spacial score (nSPS) is 28.2. The molecule has 2 aliphatic heterocycles. The van der Waals surface area contributed by atoms with Gasteiger partial charge in [0.25, 0.3) is 0 Å². The summed E-state index contributed by atoms with van der Waals surface area (Å²) in [6.07, 6.45) is 6.10. The molecule has 2 unspecified atom stereocenters. The lowest BCUT2D eigenvalue weighted by Crippen LogP contribution is -2.53. The number of benzene rings is 1. The highest BCUT2D eigenvalue weighted by atomic mass is 15.4. The van der Waals surface area contributed by atoms with E-state index in [2.05, 4.69) is 74.3 Å². The Morgan fingerprint density at radius 1 is 1.17 bits per heavy atom. The van der Waals surface area contributed by atoms with Crippen molar-refractivity contribution in [3.8, 4) is 0 Å². The number of para-hydroxylation sites is 1. The molecule has 2 nitrogen and oxygen atoms in total. The number of rotatable bonds is 1. The molecule has 0 fully saturated rings. The molecule has 96 valence electrons. The monoisotopic (exact) mass is 242 g/mol. The third kappa shape index (κ3) is 1.35. The van der Waals surface area contributed by atoms with Gasteiger partial charge in [0, 0.05) is 31.1 Å². The van der Waals surface area contributed by atoms with Crippen LogP contribution in [0.1, 0.15) is 32.8 Å². The molecular formula is C16H22N2. The first-order chi connectivity index (χ1) is 8.57. The predicted octanol–water partition coefficient (Wildman–Crippen LogP) is 3.55. The third-order valence-electron chi connectivity index (χ3n) is 4.77. The van der Waals surface area contributed by atoms with Crippen LogP contribution in [-0.4, -0.2) is 18.1 Å². The lowest BCUT2D eigenvalue weighted by Gasteiger charge is -2.50. The highest BCUT2D eigenvalue weighted by Gasteiger charge is 2.47. The van der Waals surface area contributed by atoms with Gasteiger partial charge in [0.1, 0.15) is 6.17 Å². The van der Waals surface area contributed by atoms with Crippen LogP contribution in [0.2, 0.25) is 0 Å². The van der Waals surface area contributed by atoms with Crippen molar-refractivity contribution in [2.75, 3.05) is 11.9 Å². The number of fused-ring (bicyclic) bond motifs is 3. The van der Waals surface area contributed by atoms with Gasteiger partial charge < -0.3 is 9.80 Å². The summed E-state index contributed by atoms with van der Waals surface area (Å²) >= 11 is 0. The summed E-state index contributed by atoms with van der Waals surface area (Å²) in [5, 5.41) is 0. The van der Waals surface area contributed by atoms with Crippen molar-refractivity contribution >= 4 is 5.69 Å². The fraction of sp³-hybridized carbons (Fsp3) is 0.500. The Bertz CT molecular complexity index is 490. The molecule has 18 heavy (non-hydrogen) atoms. The molecule has 0 saturated carbocycles. The fourth-order valence-corrected chi connectivity index (χ4v) is 3.79. The van der Waals surface area contributed by atoms with Crippen LogP contribution in [0, 0.1) is 5.92 Å². The van der Waals surface area contributed by atoms with Crippen LogP contribution in [-0.2, 0) is 5.41 Å². The summed E-state index contributed by atoms with van der Waals surface area (Å²) in [5.41, 5.74) is 3.08. The molecule has 0 bridgehead atoms. The van der Waals surface area contributed by atoms with Gasteiger partial charge in [0.2, 0.25) is 0 Å². The molecule has 2 heteroatoms. The van der Waals surface area contributed by atoms with E-state index in [4.69, 9.17) is 0 Å². The first-order valence-corrected chi connectivity index (χ1v) is 6.85. The largest absolute Gasteiger partial charge is 0.358 e. The van der Waals surface area contributed by atoms with Crippen LogP contribution in [0.5, 0.6) is 0 Å². The van der Waals surface area contributed by atoms with Crippen molar-refractivity contribution in [3.63, 3.8) is 0 Å². The van der Waals surface area contributed by atoms with E-state index in [0.29, 0.717) is 12.1 Å². The Hall–Kier alpha value is -1.44. The molecule has 0 spiro atoms. The second-order valence-corrected chi connectivity index (χ2v) is 6.04. The predicted molar refractivity (Wildman–Crippen MR) is 76.4 cm³/mol.